The molecule has 0 spiro atoms. The molecule has 2 heterocycles. The molecule has 2 aromatic carbocycles. The molecule has 14 atom stereocenters. The second kappa shape index (κ2) is 16.1. The number of esters is 3. The van der Waals surface area contributed by atoms with Gasteiger partial charge >= 0.3 is 24.1 Å². The minimum Gasteiger partial charge on any atom is -0.459 e. The lowest BCUT2D eigenvalue weighted by Crippen LogP contribution is -2.81. The van der Waals surface area contributed by atoms with Crippen LogP contribution in [0.15, 0.2) is 60.7 Å². The van der Waals surface area contributed by atoms with Gasteiger partial charge in [-0.1, -0.05) is 69.3 Å². The maximum atomic E-state index is 15.8. The molecule has 18 heteroatoms. The number of nitrogens with zero attached hydrogens (tertiary/aromatic N) is 1. The van der Waals surface area contributed by atoms with E-state index in [9.17, 15) is 34.5 Å². The van der Waals surface area contributed by atoms with Crippen LogP contribution in [0.2, 0.25) is 0 Å². The molecule has 3 N–H and O–H groups in total. The molecule has 66 heavy (non-hydrogen) atoms. The van der Waals surface area contributed by atoms with Crippen LogP contribution in [-0.4, -0.2) is 142 Å². The Hall–Kier alpha value is -4.98. The van der Waals surface area contributed by atoms with Gasteiger partial charge in [0.1, 0.15) is 36.6 Å². The second-order valence-electron chi connectivity index (χ2n) is 20.1. The van der Waals surface area contributed by atoms with Crippen LogP contribution < -0.4 is 0 Å². The molecule has 3 unspecified atom stereocenters. The fraction of sp³-hybridized carbons (Fsp3) is 0.625. The van der Waals surface area contributed by atoms with E-state index >= 15 is 9.59 Å². The van der Waals surface area contributed by atoms with Gasteiger partial charge in [-0.25, -0.2) is 9.59 Å². The fourth-order valence-electron chi connectivity index (χ4n) is 12.6. The van der Waals surface area contributed by atoms with Crippen molar-refractivity contribution in [3.63, 3.8) is 0 Å². The van der Waals surface area contributed by atoms with E-state index in [4.69, 9.17) is 37.9 Å². The van der Waals surface area contributed by atoms with E-state index in [0.29, 0.717) is 5.56 Å². The Labute approximate surface area is 382 Å². The van der Waals surface area contributed by atoms with Gasteiger partial charge in [-0.05, 0) is 38.5 Å². The number of ketones is 1. The lowest BCUT2D eigenvalue weighted by molar-refractivity contribution is -0.349. The summed E-state index contributed by atoms with van der Waals surface area (Å²) in [7, 11) is 1.42. The SMILES string of the molecule is CC(=O)O[C@@]12CO[C@@H]1C[C@H](O)[C@@]1(C)C(=O)[C@]3(OC(C)=O)C4C(C)(C)[C@@](O)(C[C@H](OC(=O)[C@H](OC(=O)OC[C@@H]5COC(C)(C)O5)[C@H](c5ccccc5)N(C)C(=O)c5ccccc5)C43C)[C@@H](O)C12. The summed E-state index contributed by atoms with van der Waals surface area (Å²) < 4.78 is 47.1. The number of benzene rings is 2. The van der Waals surface area contributed by atoms with E-state index in [-0.39, 0.29) is 31.8 Å². The van der Waals surface area contributed by atoms with Gasteiger partial charge < -0.3 is 58.1 Å². The molecule has 2 aromatic rings. The number of likely N-dealkylation sites (N-methyl/N-ethyl adjacent to an activating group) is 1. The summed E-state index contributed by atoms with van der Waals surface area (Å²) in [6.07, 6.45) is -10.9. The largest absolute Gasteiger partial charge is 0.509 e. The number of carbonyl (C=O) groups excluding carboxylic acids is 6. The maximum Gasteiger partial charge on any atom is 0.509 e. The highest BCUT2D eigenvalue weighted by Gasteiger charge is 2.95. The van der Waals surface area contributed by atoms with Gasteiger partial charge in [0.25, 0.3) is 5.91 Å². The van der Waals surface area contributed by atoms with Crippen molar-refractivity contribution in [2.45, 2.75) is 133 Å². The average molecular weight is 922 g/mol. The van der Waals surface area contributed by atoms with Crippen molar-refractivity contribution in [3.05, 3.63) is 71.8 Å². The summed E-state index contributed by atoms with van der Waals surface area (Å²) in [6.45, 7) is 11.3. The van der Waals surface area contributed by atoms with Gasteiger partial charge in [0.2, 0.25) is 6.10 Å². The summed E-state index contributed by atoms with van der Waals surface area (Å²) >= 11 is 0. The first-order valence-corrected chi connectivity index (χ1v) is 22.2. The Morgan fingerprint density at radius 3 is 2.08 bits per heavy atom. The zero-order valence-electron chi connectivity index (χ0n) is 38.5. The van der Waals surface area contributed by atoms with Crippen LogP contribution in [0.1, 0.15) is 90.2 Å². The highest BCUT2D eigenvalue weighted by molar-refractivity contribution is 6.01. The van der Waals surface area contributed by atoms with Gasteiger partial charge in [0.05, 0.1) is 36.3 Å². The zero-order chi connectivity index (χ0) is 48.2. The number of carbonyl (C=O) groups is 6. The summed E-state index contributed by atoms with van der Waals surface area (Å²) in [4.78, 5) is 86.5. The molecular formula is C48H59NO17. The minimum atomic E-state index is -2.34. The second-order valence-corrected chi connectivity index (χ2v) is 20.1. The number of Topliss-reactive ketones (excluding diaryl/α,β-unsaturated/α-hetero) is 1. The Bertz CT molecular complexity index is 2290. The normalized spacial score (nSPS) is 38.5. The summed E-state index contributed by atoms with van der Waals surface area (Å²) in [5.74, 6) is -7.97. The van der Waals surface area contributed by atoms with Crippen molar-refractivity contribution in [2.75, 3.05) is 26.9 Å². The zero-order valence-corrected chi connectivity index (χ0v) is 38.5. The third-order valence-corrected chi connectivity index (χ3v) is 15.7. The van der Waals surface area contributed by atoms with Crippen LogP contribution in [0.25, 0.3) is 0 Å². The molecule has 0 radical (unpaired) electrons. The maximum absolute atomic E-state index is 15.8. The lowest BCUT2D eigenvalue weighted by atomic mass is 9.46. The Morgan fingerprint density at radius 1 is 0.894 bits per heavy atom. The first-order valence-electron chi connectivity index (χ1n) is 22.2. The smallest absolute Gasteiger partial charge is 0.459 e. The predicted molar refractivity (Wildman–Crippen MR) is 226 cm³/mol. The number of hydrogen-bond donors (Lipinski definition) is 3. The molecule has 1 amide bonds. The highest BCUT2D eigenvalue weighted by atomic mass is 16.8. The third kappa shape index (κ3) is 6.87. The van der Waals surface area contributed by atoms with E-state index in [1.165, 1.54) is 18.9 Å². The predicted octanol–water partition coefficient (Wildman–Crippen LogP) is 3.22. The van der Waals surface area contributed by atoms with Crippen LogP contribution in [-0.2, 0) is 57.1 Å². The first kappa shape index (κ1) is 47.5. The fourth-order valence-corrected chi connectivity index (χ4v) is 12.6. The van der Waals surface area contributed by atoms with E-state index in [2.05, 4.69) is 0 Å². The Kier molecular flexibility index (Phi) is 11.6. The van der Waals surface area contributed by atoms with E-state index in [1.807, 2.05) is 0 Å². The van der Waals surface area contributed by atoms with Crippen molar-refractivity contribution < 1.29 is 82.0 Å². The Morgan fingerprint density at radius 2 is 1.52 bits per heavy atom. The molecule has 6 fully saturated rings. The Balaban J connectivity index is 1.23. The van der Waals surface area contributed by atoms with Gasteiger partial charge in [-0.2, -0.15) is 0 Å². The number of aliphatic hydroxyl groups is 3. The van der Waals surface area contributed by atoms with E-state index in [1.54, 1.807) is 95.3 Å². The topological polar surface area (TPSA) is 240 Å². The number of hydrogen-bond acceptors (Lipinski definition) is 17. The number of amides is 1. The van der Waals surface area contributed by atoms with Crippen molar-refractivity contribution in [1.82, 2.24) is 4.90 Å². The first-order chi connectivity index (χ1) is 30.8. The minimum absolute atomic E-state index is 0.0919. The molecule has 358 valence electrons. The molecular weight excluding hydrogens is 863 g/mol. The molecule has 8 rings (SSSR count). The summed E-state index contributed by atoms with van der Waals surface area (Å²) in [6, 6.07) is 15.1. The average Bonchev–Trinajstić information content (AvgIpc) is 3.63. The quantitative estimate of drug-likeness (QED) is 0.217. The standard InChI is InChI=1S/C48H59NO17/c1-25(50)64-46-24-60-31(46)20-30(52)44(7)35(46)36(53)47(58)21-32(45(8)39(42(47,3)4)48(45,40(44)56)65-26(2)51)62-38(55)34(63-41(57)59-22-29-23-61-43(5,6)66-29)33(27-16-12-10-13-17-27)49(9)37(54)28-18-14-11-15-19-28/h10-19,29-36,39,52-53,58H,20-24H2,1-9H3/t29-,30+,31-,32+,33+,34-,35?,36+,39?,44-,45?,46+,47-,48-/m1/s1. The van der Waals surface area contributed by atoms with Crippen LogP contribution in [0.3, 0.4) is 0 Å². The van der Waals surface area contributed by atoms with Gasteiger partial charge in [0, 0.05) is 56.6 Å². The van der Waals surface area contributed by atoms with Gasteiger partial charge in [0.15, 0.2) is 22.8 Å². The number of fused-ring (bicyclic) bond motifs is 5. The molecule has 4 saturated carbocycles. The lowest BCUT2D eigenvalue weighted by Gasteiger charge is -2.66. The third-order valence-electron chi connectivity index (χ3n) is 15.7. The number of ether oxygens (including phenoxy) is 8. The van der Waals surface area contributed by atoms with Crippen LogP contribution in [0.5, 0.6) is 0 Å². The molecule has 2 saturated heterocycles. The highest BCUT2D eigenvalue weighted by Crippen LogP contribution is 2.82. The number of aliphatic hydroxyl groups excluding tert-OH is 2. The van der Waals surface area contributed by atoms with Crippen molar-refractivity contribution in [3.8, 4) is 0 Å². The van der Waals surface area contributed by atoms with E-state index in [0.717, 1.165) is 13.8 Å². The van der Waals surface area contributed by atoms with Crippen LogP contribution in [0.4, 0.5) is 4.79 Å². The van der Waals surface area contributed by atoms with Crippen molar-refractivity contribution in [1.29, 1.82) is 0 Å². The molecule has 2 bridgehead atoms. The molecule has 4 aliphatic carbocycles. The summed E-state index contributed by atoms with van der Waals surface area (Å²) in [5.41, 5.74) is -10.9. The van der Waals surface area contributed by atoms with Gasteiger partial charge in [-0.15, -0.1) is 0 Å². The molecule has 18 nitrogen and oxygen atoms in total. The van der Waals surface area contributed by atoms with Crippen LogP contribution >= 0.6 is 0 Å². The molecule has 0 aromatic heterocycles. The number of rotatable bonds is 11. The van der Waals surface area contributed by atoms with Crippen LogP contribution in [0, 0.1) is 28.1 Å². The summed E-state index contributed by atoms with van der Waals surface area (Å²) in [5, 5.41) is 38.2. The van der Waals surface area contributed by atoms with Gasteiger partial charge in [-0.3, -0.25) is 19.2 Å². The molecule has 6 aliphatic rings. The molecule has 2 aliphatic heterocycles. The van der Waals surface area contributed by atoms with Crippen molar-refractivity contribution >= 4 is 35.8 Å². The van der Waals surface area contributed by atoms with E-state index < -0.39 is 136 Å². The monoisotopic (exact) mass is 921 g/mol. The van der Waals surface area contributed by atoms with Crippen molar-refractivity contribution in [2.24, 2.45) is 28.1 Å².